The second-order valence-corrected chi connectivity index (χ2v) is 5.44. The number of hydrazine groups is 1. The maximum Gasteiger partial charge on any atom is 0.244 e. The summed E-state index contributed by atoms with van der Waals surface area (Å²) in [5, 5.41) is 0. The highest BCUT2D eigenvalue weighted by atomic mass is 16.5. The molecule has 2 N–H and O–H groups in total. The zero-order valence-electron chi connectivity index (χ0n) is 12.6. The zero-order chi connectivity index (χ0) is 14.6. The third kappa shape index (κ3) is 3.26. The van der Waals surface area contributed by atoms with E-state index < -0.39 is 5.41 Å². The van der Waals surface area contributed by atoms with Crippen molar-refractivity contribution >= 4 is 5.91 Å². The van der Waals surface area contributed by atoms with Crippen LogP contribution in [-0.4, -0.2) is 20.1 Å². The Morgan fingerprint density at radius 3 is 2.42 bits per heavy atom. The van der Waals surface area contributed by atoms with Gasteiger partial charge in [-0.05, 0) is 31.4 Å². The summed E-state index contributed by atoms with van der Waals surface area (Å²) < 4.78 is 5.45. The molecule has 0 atom stereocenters. The number of benzene rings is 1. The molecule has 0 aliphatic carbocycles. The van der Waals surface area contributed by atoms with Gasteiger partial charge in [0.05, 0.1) is 12.5 Å². The van der Waals surface area contributed by atoms with Crippen molar-refractivity contribution in [2.45, 2.75) is 39.0 Å². The standard InChI is InChI=1S/C15H24N2O2/c1-10(2)11-7-8-12(13(9-11)19-6)15(3,4)14(18)17-16-5/h7-10,16H,1-6H3,(H,17,18). The summed E-state index contributed by atoms with van der Waals surface area (Å²) in [6.07, 6.45) is 0. The summed E-state index contributed by atoms with van der Waals surface area (Å²) in [7, 11) is 3.31. The van der Waals surface area contributed by atoms with Crippen LogP contribution in [0.4, 0.5) is 0 Å². The Balaban J connectivity index is 3.22. The molecule has 0 bridgehead atoms. The molecule has 0 aliphatic heterocycles. The van der Waals surface area contributed by atoms with Crippen molar-refractivity contribution < 1.29 is 9.53 Å². The highest BCUT2D eigenvalue weighted by molar-refractivity contribution is 5.87. The number of ether oxygens (including phenoxy) is 1. The summed E-state index contributed by atoms with van der Waals surface area (Å²) in [5.74, 6) is 1.09. The molecule has 0 spiro atoms. The van der Waals surface area contributed by atoms with Crippen LogP contribution < -0.4 is 15.6 Å². The predicted octanol–water partition coefficient (Wildman–Crippen LogP) is 2.35. The number of hydrogen-bond donors (Lipinski definition) is 2. The van der Waals surface area contributed by atoms with Gasteiger partial charge in [-0.15, -0.1) is 0 Å². The smallest absolute Gasteiger partial charge is 0.244 e. The third-order valence-electron chi connectivity index (χ3n) is 3.37. The van der Waals surface area contributed by atoms with E-state index >= 15 is 0 Å². The van der Waals surface area contributed by atoms with Gasteiger partial charge in [0, 0.05) is 12.6 Å². The quantitative estimate of drug-likeness (QED) is 0.803. The van der Waals surface area contributed by atoms with E-state index in [2.05, 4.69) is 30.8 Å². The Morgan fingerprint density at radius 1 is 1.32 bits per heavy atom. The highest BCUT2D eigenvalue weighted by Gasteiger charge is 2.32. The van der Waals surface area contributed by atoms with Crippen LogP contribution in [0.1, 0.15) is 44.7 Å². The molecule has 0 radical (unpaired) electrons. The molecule has 4 nitrogen and oxygen atoms in total. The van der Waals surface area contributed by atoms with E-state index in [-0.39, 0.29) is 5.91 Å². The minimum absolute atomic E-state index is 0.0920. The van der Waals surface area contributed by atoms with Gasteiger partial charge >= 0.3 is 0 Å². The van der Waals surface area contributed by atoms with Gasteiger partial charge in [-0.3, -0.25) is 10.2 Å². The van der Waals surface area contributed by atoms with E-state index in [4.69, 9.17) is 4.74 Å². The summed E-state index contributed by atoms with van der Waals surface area (Å²) in [4.78, 5) is 12.1. The number of nitrogens with one attached hydrogen (secondary N) is 2. The third-order valence-corrected chi connectivity index (χ3v) is 3.37. The molecule has 1 rings (SSSR count). The number of hydrogen-bond acceptors (Lipinski definition) is 3. The van der Waals surface area contributed by atoms with E-state index in [1.807, 2.05) is 26.0 Å². The number of carbonyl (C=O) groups is 1. The SMILES string of the molecule is CNNC(=O)C(C)(C)c1ccc(C(C)C)cc1OC. The number of amides is 1. The highest BCUT2D eigenvalue weighted by Crippen LogP contribution is 2.34. The van der Waals surface area contributed by atoms with Crippen LogP contribution in [0.25, 0.3) is 0 Å². The van der Waals surface area contributed by atoms with Crippen molar-refractivity contribution in [2.75, 3.05) is 14.2 Å². The van der Waals surface area contributed by atoms with E-state index in [1.54, 1.807) is 14.2 Å². The number of carbonyl (C=O) groups excluding carboxylic acids is 1. The van der Waals surface area contributed by atoms with Gasteiger partial charge in [-0.1, -0.05) is 26.0 Å². The molecule has 4 heteroatoms. The molecule has 1 aromatic carbocycles. The maximum absolute atomic E-state index is 12.1. The first kappa shape index (κ1) is 15.5. The van der Waals surface area contributed by atoms with Crippen LogP contribution in [0.15, 0.2) is 18.2 Å². The first-order valence-electron chi connectivity index (χ1n) is 6.50. The lowest BCUT2D eigenvalue weighted by molar-refractivity contribution is -0.126. The second-order valence-electron chi connectivity index (χ2n) is 5.44. The van der Waals surface area contributed by atoms with Crippen molar-refractivity contribution in [3.8, 4) is 5.75 Å². The molecule has 0 saturated carbocycles. The average molecular weight is 264 g/mol. The fraction of sp³-hybridized carbons (Fsp3) is 0.533. The summed E-state index contributed by atoms with van der Waals surface area (Å²) in [6.45, 7) is 8.03. The molecule has 1 aromatic rings. The first-order chi connectivity index (χ1) is 8.84. The van der Waals surface area contributed by atoms with Gasteiger partial charge in [-0.25, -0.2) is 5.43 Å². The van der Waals surface area contributed by atoms with Gasteiger partial charge in [0.25, 0.3) is 0 Å². The molecule has 19 heavy (non-hydrogen) atoms. The van der Waals surface area contributed by atoms with E-state index in [9.17, 15) is 4.79 Å². The van der Waals surface area contributed by atoms with Crippen molar-refractivity contribution in [3.63, 3.8) is 0 Å². The first-order valence-corrected chi connectivity index (χ1v) is 6.50. The van der Waals surface area contributed by atoms with Crippen molar-refractivity contribution in [1.29, 1.82) is 0 Å². The van der Waals surface area contributed by atoms with Crippen LogP contribution in [-0.2, 0) is 10.2 Å². The Hall–Kier alpha value is -1.55. The molecule has 1 amide bonds. The monoisotopic (exact) mass is 264 g/mol. The Labute approximate surface area is 115 Å². The molecular formula is C15H24N2O2. The maximum atomic E-state index is 12.1. The molecule has 0 unspecified atom stereocenters. The normalized spacial score (nSPS) is 11.5. The summed E-state index contributed by atoms with van der Waals surface area (Å²) >= 11 is 0. The Morgan fingerprint density at radius 2 is 1.95 bits per heavy atom. The molecule has 0 fully saturated rings. The fourth-order valence-electron chi connectivity index (χ4n) is 1.98. The predicted molar refractivity (Wildman–Crippen MR) is 77.3 cm³/mol. The van der Waals surface area contributed by atoms with Crippen LogP contribution in [0.5, 0.6) is 5.75 Å². The lowest BCUT2D eigenvalue weighted by Gasteiger charge is -2.26. The zero-order valence-corrected chi connectivity index (χ0v) is 12.6. The molecule has 0 aliphatic rings. The molecular weight excluding hydrogens is 240 g/mol. The lowest BCUT2D eigenvalue weighted by atomic mass is 9.82. The van der Waals surface area contributed by atoms with Gasteiger partial charge in [0.1, 0.15) is 5.75 Å². The van der Waals surface area contributed by atoms with Crippen LogP contribution in [0, 0.1) is 0 Å². The second kappa shape index (κ2) is 6.06. The molecule has 106 valence electrons. The molecule has 0 aromatic heterocycles. The van der Waals surface area contributed by atoms with E-state index in [0.29, 0.717) is 5.92 Å². The van der Waals surface area contributed by atoms with Gasteiger partial charge in [0.15, 0.2) is 0 Å². The molecule has 0 heterocycles. The van der Waals surface area contributed by atoms with Gasteiger partial charge in [-0.2, -0.15) is 0 Å². The fourth-order valence-corrected chi connectivity index (χ4v) is 1.98. The van der Waals surface area contributed by atoms with Crippen LogP contribution in [0.2, 0.25) is 0 Å². The largest absolute Gasteiger partial charge is 0.496 e. The minimum Gasteiger partial charge on any atom is -0.496 e. The Bertz CT molecular complexity index is 453. The van der Waals surface area contributed by atoms with E-state index in [1.165, 1.54) is 5.56 Å². The van der Waals surface area contributed by atoms with Gasteiger partial charge < -0.3 is 4.74 Å². The van der Waals surface area contributed by atoms with Crippen LogP contribution in [0.3, 0.4) is 0 Å². The average Bonchev–Trinajstić information content (AvgIpc) is 2.38. The molecule has 0 saturated heterocycles. The topological polar surface area (TPSA) is 50.4 Å². The number of rotatable bonds is 5. The minimum atomic E-state index is -0.663. The van der Waals surface area contributed by atoms with Crippen molar-refractivity contribution in [1.82, 2.24) is 10.9 Å². The van der Waals surface area contributed by atoms with E-state index in [0.717, 1.165) is 11.3 Å². The Kier molecular flexibility index (Phi) is 4.95. The van der Waals surface area contributed by atoms with Gasteiger partial charge in [0.2, 0.25) is 5.91 Å². The summed E-state index contributed by atoms with van der Waals surface area (Å²) in [6, 6.07) is 6.04. The van der Waals surface area contributed by atoms with Crippen molar-refractivity contribution in [3.05, 3.63) is 29.3 Å². The number of methoxy groups -OCH3 is 1. The van der Waals surface area contributed by atoms with Crippen molar-refractivity contribution in [2.24, 2.45) is 0 Å². The lowest BCUT2D eigenvalue weighted by Crippen LogP contribution is -2.45. The van der Waals surface area contributed by atoms with Crippen LogP contribution >= 0.6 is 0 Å². The summed E-state index contributed by atoms with van der Waals surface area (Å²) in [5.41, 5.74) is 6.72.